The van der Waals surface area contributed by atoms with Crippen molar-refractivity contribution in [1.29, 1.82) is 0 Å². The summed E-state index contributed by atoms with van der Waals surface area (Å²) in [5, 5.41) is 9.48. The van der Waals surface area contributed by atoms with E-state index in [1.54, 1.807) is 0 Å². The Labute approximate surface area is 118 Å². The van der Waals surface area contributed by atoms with Crippen molar-refractivity contribution in [2.75, 3.05) is 7.11 Å². The lowest BCUT2D eigenvalue weighted by atomic mass is 9.90. The number of rotatable bonds is 5. The van der Waals surface area contributed by atoms with Crippen LogP contribution in [0.3, 0.4) is 0 Å². The second kappa shape index (κ2) is 6.26. The number of allylic oxidation sites excluding steroid dienone is 1. The van der Waals surface area contributed by atoms with Gasteiger partial charge in [0.15, 0.2) is 17.9 Å². The molecular weight excluding hydrogens is 292 g/mol. The summed E-state index contributed by atoms with van der Waals surface area (Å²) in [6, 6.07) is 3.73. The molecule has 1 rings (SSSR count). The second-order valence-electron chi connectivity index (χ2n) is 4.35. The predicted octanol–water partition coefficient (Wildman–Crippen LogP) is 3.12. The number of methoxy groups -OCH3 is 1. The lowest BCUT2D eigenvalue weighted by molar-refractivity contribution is -0.242. The molecule has 0 radical (unpaired) electrons. The first-order valence-electron chi connectivity index (χ1n) is 5.93. The first-order chi connectivity index (χ1) is 9.70. The van der Waals surface area contributed by atoms with E-state index in [0.29, 0.717) is 0 Å². The van der Waals surface area contributed by atoms with Crippen molar-refractivity contribution >= 4 is 11.9 Å². The molecule has 21 heavy (non-hydrogen) atoms. The maximum Gasteiger partial charge on any atom is 0.424 e. The van der Waals surface area contributed by atoms with Gasteiger partial charge in [0.1, 0.15) is 0 Å². The van der Waals surface area contributed by atoms with E-state index in [0.717, 1.165) is 6.07 Å². The molecule has 1 atom stereocenters. The first-order valence-corrected chi connectivity index (χ1v) is 5.93. The Hall–Kier alpha value is -1.89. The van der Waals surface area contributed by atoms with Gasteiger partial charge < -0.3 is 9.84 Å². The molecule has 0 aliphatic carbocycles. The molecule has 0 aromatic heterocycles. The van der Waals surface area contributed by atoms with Crippen LogP contribution >= 0.6 is 0 Å². The van der Waals surface area contributed by atoms with Gasteiger partial charge in [0.05, 0.1) is 7.11 Å². The van der Waals surface area contributed by atoms with E-state index in [1.165, 1.54) is 32.2 Å². The molecule has 116 valence electrons. The van der Waals surface area contributed by atoms with Crippen LogP contribution in [0, 0.1) is 5.82 Å². The fourth-order valence-electron chi connectivity index (χ4n) is 1.82. The Balaban J connectivity index is 3.29. The molecule has 0 aliphatic rings. The molecule has 0 fully saturated rings. The zero-order valence-corrected chi connectivity index (χ0v) is 11.4. The molecular formula is C14H14F4O3. The van der Waals surface area contributed by atoms with Crippen LogP contribution in [-0.4, -0.2) is 30.3 Å². The standard InChI is InChI=1S/C14H14F4O3/c1-3-9(7-13(20,8-19)14(16,17)18)10-5-4-6-11(15)12(10)21-2/h3-6,8,20H,7H2,1-2H3/b9-3+. The number of benzene rings is 1. The third-order valence-corrected chi connectivity index (χ3v) is 3.01. The Morgan fingerprint density at radius 3 is 2.43 bits per heavy atom. The highest BCUT2D eigenvalue weighted by atomic mass is 19.4. The number of carbonyl (C=O) groups is 1. The van der Waals surface area contributed by atoms with Gasteiger partial charge in [-0.3, -0.25) is 4.79 Å². The minimum atomic E-state index is -5.14. The average molecular weight is 306 g/mol. The lowest BCUT2D eigenvalue weighted by Gasteiger charge is -2.26. The molecule has 0 saturated heterocycles. The van der Waals surface area contributed by atoms with Gasteiger partial charge in [-0.25, -0.2) is 4.39 Å². The SMILES string of the molecule is C/C=C(\CC(O)(C=O)C(F)(F)F)c1cccc(F)c1OC. The molecule has 3 nitrogen and oxygen atoms in total. The molecule has 0 spiro atoms. The monoisotopic (exact) mass is 306 g/mol. The van der Waals surface area contributed by atoms with E-state index in [2.05, 4.69) is 0 Å². The van der Waals surface area contributed by atoms with Crippen LogP contribution in [0.4, 0.5) is 17.6 Å². The van der Waals surface area contributed by atoms with Crippen molar-refractivity contribution in [3.8, 4) is 5.75 Å². The minimum Gasteiger partial charge on any atom is -0.493 e. The number of hydrogen-bond acceptors (Lipinski definition) is 3. The topological polar surface area (TPSA) is 46.5 Å². The van der Waals surface area contributed by atoms with E-state index < -0.39 is 30.3 Å². The van der Waals surface area contributed by atoms with Crippen LogP contribution in [-0.2, 0) is 4.79 Å². The van der Waals surface area contributed by atoms with Gasteiger partial charge in [-0.1, -0.05) is 18.2 Å². The third-order valence-electron chi connectivity index (χ3n) is 3.01. The highest BCUT2D eigenvalue weighted by molar-refractivity contribution is 5.76. The normalized spacial score (nSPS) is 15.5. The summed E-state index contributed by atoms with van der Waals surface area (Å²) < 4.78 is 56.7. The Kier molecular flexibility index (Phi) is 5.11. The van der Waals surface area contributed by atoms with Gasteiger partial charge >= 0.3 is 6.18 Å². The van der Waals surface area contributed by atoms with Gasteiger partial charge in [-0.15, -0.1) is 0 Å². The zero-order chi connectivity index (χ0) is 16.3. The molecule has 0 aliphatic heterocycles. The van der Waals surface area contributed by atoms with Crippen LogP contribution in [0.5, 0.6) is 5.75 Å². The zero-order valence-electron chi connectivity index (χ0n) is 11.4. The molecule has 7 heteroatoms. The number of carbonyl (C=O) groups excluding carboxylic acids is 1. The summed E-state index contributed by atoms with van der Waals surface area (Å²) in [4.78, 5) is 10.7. The number of halogens is 4. The number of alkyl halides is 3. The number of hydrogen-bond donors (Lipinski definition) is 1. The summed E-state index contributed by atoms with van der Waals surface area (Å²) >= 11 is 0. The summed E-state index contributed by atoms with van der Waals surface area (Å²) in [6.45, 7) is 1.42. The predicted molar refractivity (Wildman–Crippen MR) is 68.3 cm³/mol. The molecule has 0 bridgehead atoms. The Bertz CT molecular complexity index is 552. The van der Waals surface area contributed by atoms with Crippen molar-refractivity contribution in [2.24, 2.45) is 0 Å². The van der Waals surface area contributed by atoms with E-state index >= 15 is 0 Å². The largest absolute Gasteiger partial charge is 0.493 e. The van der Waals surface area contributed by atoms with Gasteiger partial charge in [0, 0.05) is 12.0 Å². The van der Waals surface area contributed by atoms with E-state index in [9.17, 15) is 27.5 Å². The first kappa shape index (κ1) is 17.2. The van der Waals surface area contributed by atoms with Crippen molar-refractivity contribution in [1.82, 2.24) is 0 Å². The third kappa shape index (κ3) is 3.41. The van der Waals surface area contributed by atoms with Crippen LogP contribution in [0.1, 0.15) is 18.9 Å². The van der Waals surface area contributed by atoms with Crippen molar-refractivity contribution in [3.63, 3.8) is 0 Å². The lowest BCUT2D eigenvalue weighted by Crippen LogP contribution is -2.46. The van der Waals surface area contributed by atoms with Gasteiger partial charge in [0.2, 0.25) is 5.60 Å². The number of ether oxygens (including phenoxy) is 1. The van der Waals surface area contributed by atoms with Crippen LogP contribution in [0.15, 0.2) is 24.3 Å². The molecule has 1 aromatic carbocycles. The number of para-hydroxylation sites is 1. The fourth-order valence-corrected chi connectivity index (χ4v) is 1.82. The Morgan fingerprint density at radius 2 is 2.00 bits per heavy atom. The highest BCUT2D eigenvalue weighted by Gasteiger charge is 2.54. The van der Waals surface area contributed by atoms with E-state index in [-0.39, 0.29) is 16.9 Å². The molecule has 1 N–H and O–H groups in total. The summed E-state index contributed by atoms with van der Waals surface area (Å²) in [5.41, 5.74) is -3.55. The molecule has 0 amide bonds. The summed E-state index contributed by atoms with van der Waals surface area (Å²) in [5.74, 6) is -1.00. The van der Waals surface area contributed by atoms with Crippen molar-refractivity contribution in [2.45, 2.75) is 25.1 Å². The van der Waals surface area contributed by atoms with Crippen molar-refractivity contribution in [3.05, 3.63) is 35.7 Å². The quantitative estimate of drug-likeness (QED) is 0.671. The van der Waals surface area contributed by atoms with Gasteiger partial charge in [-0.2, -0.15) is 13.2 Å². The van der Waals surface area contributed by atoms with Gasteiger partial charge in [0.25, 0.3) is 0 Å². The number of aliphatic hydroxyl groups is 1. The molecule has 1 aromatic rings. The minimum absolute atomic E-state index is 0.0459. The average Bonchev–Trinajstić information content (AvgIpc) is 2.43. The van der Waals surface area contributed by atoms with E-state index in [1.807, 2.05) is 0 Å². The van der Waals surface area contributed by atoms with Crippen molar-refractivity contribution < 1.29 is 32.2 Å². The molecule has 1 unspecified atom stereocenters. The van der Waals surface area contributed by atoms with Crippen LogP contribution in [0.2, 0.25) is 0 Å². The summed E-state index contributed by atoms with van der Waals surface area (Å²) in [6.07, 6.45) is -5.47. The Morgan fingerprint density at radius 1 is 1.38 bits per heavy atom. The fraction of sp³-hybridized carbons (Fsp3) is 0.357. The van der Waals surface area contributed by atoms with Crippen LogP contribution in [0.25, 0.3) is 5.57 Å². The summed E-state index contributed by atoms with van der Waals surface area (Å²) in [7, 11) is 1.17. The second-order valence-corrected chi connectivity index (χ2v) is 4.35. The molecule has 0 saturated carbocycles. The van der Waals surface area contributed by atoms with Crippen LogP contribution < -0.4 is 4.74 Å². The smallest absolute Gasteiger partial charge is 0.424 e. The maximum atomic E-state index is 13.6. The molecule has 0 heterocycles. The highest BCUT2D eigenvalue weighted by Crippen LogP contribution is 2.39. The van der Waals surface area contributed by atoms with Gasteiger partial charge in [-0.05, 0) is 18.6 Å². The number of aldehydes is 1. The van der Waals surface area contributed by atoms with E-state index in [4.69, 9.17) is 4.74 Å². The maximum absolute atomic E-state index is 13.6.